The first-order valence-electron chi connectivity index (χ1n) is 5.46. The fourth-order valence-electron chi connectivity index (χ4n) is 1.34. The Morgan fingerprint density at radius 2 is 2.24 bits per heavy atom. The number of rotatable bonds is 4. The summed E-state index contributed by atoms with van der Waals surface area (Å²) in [4.78, 5) is 13.1. The lowest BCUT2D eigenvalue weighted by Gasteiger charge is -2.00. The average molecular weight is 249 g/mol. The third kappa shape index (κ3) is 2.95. The SMILES string of the molecule is CC/C(O)=C(\C#N)C(=O)c1csc(C(C)C)c1. The zero-order chi connectivity index (χ0) is 13.0. The van der Waals surface area contributed by atoms with Crippen LogP contribution in [0.15, 0.2) is 22.8 Å². The van der Waals surface area contributed by atoms with Gasteiger partial charge < -0.3 is 5.11 Å². The van der Waals surface area contributed by atoms with E-state index >= 15 is 0 Å². The summed E-state index contributed by atoms with van der Waals surface area (Å²) in [5.41, 5.74) is 0.329. The molecule has 1 aromatic rings. The van der Waals surface area contributed by atoms with Gasteiger partial charge >= 0.3 is 0 Å². The van der Waals surface area contributed by atoms with E-state index in [-0.39, 0.29) is 17.8 Å². The molecule has 3 nitrogen and oxygen atoms in total. The van der Waals surface area contributed by atoms with Gasteiger partial charge in [-0.1, -0.05) is 20.8 Å². The lowest BCUT2D eigenvalue weighted by molar-refractivity contribution is 0.103. The van der Waals surface area contributed by atoms with Gasteiger partial charge in [-0.3, -0.25) is 4.79 Å². The van der Waals surface area contributed by atoms with Crippen LogP contribution in [0.5, 0.6) is 0 Å². The van der Waals surface area contributed by atoms with E-state index in [2.05, 4.69) is 0 Å². The molecule has 90 valence electrons. The topological polar surface area (TPSA) is 61.1 Å². The Morgan fingerprint density at radius 3 is 2.65 bits per heavy atom. The van der Waals surface area contributed by atoms with E-state index in [1.165, 1.54) is 11.3 Å². The summed E-state index contributed by atoms with van der Waals surface area (Å²) >= 11 is 1.50. The van der Waals surface area contributed by atoms with Crippen LogP contribution in [0.1, 0.15) is 48.3 Å². The van der Waals surface area contributed by atoms with Crippen molar-refractivity contribution >= 4 is 17.1 Å². The molecule has 0 aliphatic rings. The molecule has 1 heterocycles. The Balaban J connectivity index is 3.08. The molecule has 17 heavy (non-hydrogen) atoms. The van der Waals surface area contributed by atoms with Crippen LogP contribution in [0, 0.1) is 11.3 Å². The van der Waals surface area contributed by atoms with Gasteiger partial charge in [0, 0.05) is 22.2 Å². The van der Waals surface area contributed by atoms with Crippen molar-refractivity contribution in [3.05, 3.63) is 33.2 Å². The van der Waals surface area contributed by atoms with Gasteiger partial charge in [0.1, 0.15) is 17.4 Å². The van der Waals surface area contributed by atoms with Gasteiger partial charge in [0.05, 0.1) is 0 Å². The van der Waals surface area contributed by atoms with E-state index in [1.54, 1.807) is 24.4 Å². The molecule has 1 rings (SSSR count). The highest BCUT2D eigenvalue weighted by Gasteiger charge is 2.18. The van der Waals surface area contributed by atoms with E-state index in [9.17, 15) is 9.90 Å². The fraction of sp³-hybridized carbons (Fsp3) is 0.385. The number of Topliss-reactive ketones (excluding diaryl/α,β-unsaturated/α-hetero) is 1. The first-order chi connectivity index (χ1) is 8.01. The van der Waals surface area contributed by atoms with E-state index in [0.717, 1.165) is 4.88 Å². The maximum atomic E-state index is 12.0. The molecule has 0 fully saturated rings. The summed E-state index contributed by atoms with van der Waals surface area (Å²) in [5.74, 6) is -0.180. The van der Waals surface area contributed by atoms with Crippen molar-refractivity contribution in [3.8, 4) is 6.07 Å². The minimum atomic E-state index is -0.394. The van der Waals surface area contributed by atoms with Gasteiger partial charge in [-0.2, -0.15) is 5.26 Å². The molecule has 0 atom stereocenters. The standard InChI is InChI=1S/C13H15NO2S/c1-4-11(15)10(6-14)13(16)9-5-12(8(2)3)17-7-9/h5,7-8,15H,4H2,1-3H3/b11-10-. The molecule has 0 aromatic carbocycles. The van der Waals surface area contributed by atoms with Gasteiger partial charge in [-0.25, -0.2) is 0 Å². The minimum Gasteiger partial charge on any atom is -0.511 e. The van der Waals surface area contributed by atoms with Gasteiger partial charge in [0.25, 0.3) is 0 Å². The van der Waals surface area contributed by atoms with Crippen molar-refractivity contribution in [3.63, 3.8) is 0 Å². The van der Waals surface area contributed by atoms with Crippen molar-refractivity contribution in [2.75, 3.05) is 0 Å². The first-order valence-corrected chi connectivity index (χ1v) is 6.34. The Bertz CT molecular complexity index is 492. The van der Waals surface area contributed by atoms with E-state index in [4.69, 9.17) is 5.26 Å². The van der Waals surface area contributed by atoms with Crippen LogP contribution in [0.4, 0.5) is 0 Å². The van der Waals surface area contributed by atoms with Crippen molar-refractivity contribution in [1.29, 1.82) is 5.26 Å². The summed E-state index contributed by atoms with van der Waals surface area (Å²) in [6.07, 6.45) is 0.288. The average Bonchev–Trinajstić information content (AvgIpc) is 2.78. The Kier molecular flexibility index (Phi) is 4.47. The van der Waals surface area contributed by atoms with Gasteiger partial charge in [-0.15, -0.1) is 11.3 Å². The molecule has 0 saturated heterocycles. The Morgan fingerprint density at radius 1 is 1.59 bits per heavy atom. The van der Waals surface area contributed by atoms with Crippen LogP contribution in [-0.4, -0.2) is 10.9 Å². The van der Waals surface area contributed by atoms with Crippen LogP contribution in [-0.2, 0) is 0 Å². The van der Waals surface area contributed by atoms with E-state index < -0.39 is 5.78 Å². The molecule has 0 saturated carbocycles. The fourth-order valence-corrected chi connectivity index (χ4v) is 2.25. The van der Waals surface area contributed by atoms with E-state index in [1.807, 2.05) is 13.8 Å². The van der Waals surface area contributed by atoms with Crippen molar-refractivity contribution in [2.24, 2.45) is 0 Å². The molecule has 1 N–H and O–H groups in total. The first kappa shape index (κ1) is 13.5. The van der Waals surface area contributed by atoms with Crippen LogP contribution >= 0.6 is 11.3 Å². The predicted molar refractivity (Wildman–Crippen MR) is 68.3 cm³/mol. The molecule has 0 unspecified atom stereocenters. The predicted octanol–water partition coefficient (Wildman–Crippen LogP) is 3.80. The number of thiophene rings is 1. The maximum Gasteiger partial charge on any atom is 0.207 e. The van der Waals surface area contributed by atoms with Crippen molar-refractivity contribution in [1.82, 2.24) is 0 Å². The molecule has 0 spiro atoms. The number of hydrogen-bond donors (Lipinski definition) is 1. The second kappa shape index (κ2) is 5.65. The Hall–Kier alpha value is -1.60. The third-order valence-corrected chi connectivity index (χ3v) is 3.65. The molecular formula is C13H15NO2S. The quantitative estimate of drug-likeness (QED) is 0.382. The smallest absolute Gasteiger partial charge is 0.207 e. The number of aliphatic hydroxyl groups excluding tert-OH is 1. The van der Waals surface area contributed by atoms with Crippen LogP contribution in [0.25, 0.3) is 0 Å². The number of carbonyl (C=O) groups is 1. The zero-order valence-corrected chi connectivity index (χ0v) is 11.0. The van der Waals surface area contributed by atoms with Crippen LogP contribution in [0.2, 0.25) is 0 Å². The number of carbonyl (C=O) groups excluding carboxylic acids is 1. The number of nitrogens with zero attached hydrogens (tertiary/aromatic N) is 1. The maximum absolute atomic E-state index is 12.0. The highest BCUT2D eigenvalue weighted by atomic mass is 32.1. The monoisotopic (exact) mass is 249 g/mol. The highest BCUT2D eigenvalue weighted by molar-refractivity contribution is 7.10. The highest BCUT2D eigenvalue weighted by Crippen LogP contribution is 2.25. The van der Waals surface area contributed by atoms with Gasteiger partial charge in [-0.05, 0) is 12.0 Å². The number of allylic oxidation sites excluding steroid dienone is 2. The second-order valence-electron chi connectivity index (χ2n) is 4.01. The number of nitriles is 1. The molecule has 1 aromatic heterocycles. The van der Waals surface area contributed by atoms with Gasteiger partial charge in [0.15, 0.2) is 0 Å². The summed E-state index contributed by atoms with van der Waals surface area (Å²) < 4.78 is 0. The lowest BCUT2D eigenvalue weighted by Crippen LogP contribution is -2.04. The molecule has 0 bridgehead atoms. The van der Waals surface area contributed by atoms with Crippen molar-refractivity contribution < 1.29 is 9.90 Å². The summed E-state index contributed by atoms with van der Waals surface area (Å²) in [6, 6.07) is 3.56. The lowest BCUT2D eigenvalue weighted by atomic mass is 10.0. The molecular weight excluding hydrogens is 234 g/mol. The summed E-state index contributed by atoms with van der Waals surface area (Å²) in [7, 11) is 0. The largest absolute Gasteiger partial charge is 0.511 e. The van der Waals surface area contributed by atoms with Crippen LogP contribution in [0.3, 0.4) is 0 Å². The number of aliphatic hydroxyl groups is 1. The van der Waals surface area contributed by atoms with Crippen LogP contribution < -0.4 is 0 Å². The summed E-state index contributed by atoms with van der Waals surface area (Å²) in [5, 5.41) is 20.1. The van der Waals surface area contributed by atoms with Gasteiger partial charge in [0.2, 0.25) is 5.78 Å². The minimum absolute atomic E-state index is 0.144. The number of ketones is 1. The molecule has 0 aliphatic heterocycles. The number of hydrogen-bond acceptors (Lipinski definition) is 4. The third-order valence-electron chi connectivity index (χ3n) is 2.41. The molecule has 0 aliphatic carbocycles. The zero-order valence-electron chi connectivity index (χ0n) is 10.2. The van der Waals surface area contributed by atoms with Crippen molar-refractivity contribution in [2.45, 2.75) is 33.1 Å². The Labute approximate surface area is 105 Å². The molecule has 0 amide bonds. The summed E-state index contributed by atoms with van der Waals surface area (Å²) in [6.45, 7) is 5.79. The molecule has 4 heteroatoms. The molecule has 0 radical (unpaired) electrons. The normalized spacial score (nSPS) is 12.2. The second-order valence-corrected chi connectivity index (χ2v) is 4.95. The van der Waals surface area contributed by atoms with E-state index in [0.29, 0.717) is 11.5 Å².